The summed E-state index contributed by atoms with van der Waals surface area (Å²) in [7, 11) is 1.29. The monoisotopic (exact) mass is 348 g/mol. The van der Waals surface area contributed by atoms with Crippen molar-refractivity contribution in [1.82, 2.24) is 4.98 Å². The topological polar surface area (TPSA) is 51.2 Å². The molecule has 20 heavy (non-hydrogen) atoms. The Labute approximate surface area is 124 Å². The van der Waals surface area contributed by atoms with Crippen molar-refractivity contribution >= 4 is 27.7 Å². The van der Waals surface area contributed by atoms with Gasteiger partial charge in [-0.2, -0.15) is 0 Å². The van der Waals surface area contributed by atoms with E-state index in [1.54, 1.807) is 12.3 Å². The molecule has 1 N–H and O–H groups in total. The third-order valence-electron chi connectivity index (χ3n) is 3.32. The van der Waals surface area contributed by atoms with Crippen molar-refractivity contribution in [2.24, 2.45) is 0 Å². The van der Waals surface area contributed by atoms with Gasteiger partial charge in [0.1, 0.15) is 11.4 Å². The molecule has 0 aliphatic heterocycles. The Kier molecular flexibility index (Phi) is 4.57. The minimum atomic E-state index is -2.57. The van der Waals surface area contributed by atoms with Crippen LogP contribution in [0.5, 0.6) is 0 Å². The lowest BCUT2D eigenvalue weighted by atomic mass is 9.92. The summed E-state index contributed by atoms with van der Waals surface area (Å²) in [6, 6.07) is 1.49. The number of carbonyl (C=O) groups excluding carboxylic acids is 1. The van der Waals surface area contributed by atoms with E-state index in [2.05, 4.69) is 26.2 Å². The summed E-state index contributed by atoms with van der Waals surface area (Å²) in [5.41, 5.74) is 0.291. The maximum atomic E-state index is 13.1. The van der Waals surface area contributed by atoms with Gasteiger partial charge in [0.25, 0.3) is 0 Å². The van der Waals surface area contributed by atoms with Crippen LogP contribution in [0.1, 0.15) is 36.0 Å². The van der Waals surface area contributed by atoms with Gasteiger partial charge in [-0.15, -0.1) is 0 Å². The summed E-state index contributed by atoms with van der Waals surface area (Å²) in [5.74, 6) is -2.71. The fourth-order valence-corrected chi connectivity index (χ4v) is 2.53. The van der Waals surface area contributed by atoms with Crippen molar-refractivity contribution in [2.45, 2.75) is 37.6 Å². The number of hydrogen-bond donors (Lipinski definition) is 1. The molecule has 1 aliphatic carbocycles. The Morgan fingerprint density at radius 2 is 2.15 bits per heavy atom. The predicted molar refractivity (Wildman–Crippen MR) is 74.1 cm³/mol. The average molecular weight is 349 g/mol. The van der Waals surface area contributed by atoms with Crippen LogP contribution in [0.2, 0.25) is 0 Å². The van der Waals surface area contributed by atoms with E-state index in [-0.39, 0.29) is 18.9 Å². The number of nitrogens with one attached hydrogen (secondary N) is 1. The van der Waals surface area contributed by atoms with Gasteiger partial charge >= 0.3 is 5.97 Å². The van der Waals surface area contributed by atoms with Crippen LogP contribution in [0.15, 0.2) is 16.7 Å². The number of halogens is 3. The number of alkyl halides is 2. The predicted octanol–water partition coefficient (Wildman–Crippen LogP) is 3.62. The molecule has 0 saturated heterocycles. The first-order chi connectivity index (χ1) is 9.41. The highest BCUT2D eigenvalue weighted by Gasteiger charge is 2.35. The molecule has 1 aromatic rings. The van der Waals surface area contributed by atoms with Gasteiger partial charge in [-0.3, -0.25) is 0 Å². The molecule has 2 rings (SSSR count). The maximum absolute atomic E-state index is 13.1. The zero-order valence-electron chi connectivity index (χ0n) is 11.0. The number of aromatic nitrogens is 1. The summed E-state index contributed by atoms with van der Waals surface area (Å²) >= 11 is 3.24. The van der Waals surface area contributed by atoms with E-state index < -0.39 is 11.9 Å². The van der Waals surface area contributed by atoms with Crippen LogP contribution in [0.4, 0.5) is 14.6 Å². The normalized spacial score (nSPS) is 18.6. The Hall–Kier alpha value is -1.24. The Balaban J connectivity index is 2.11. The molecule has 0 aromatic carbocycles. The van der Waals surface area contributed by atoms with Crippen LogP contribution in [0.25, 0.3) is 0 Å². The summed E-state index contributed by atoms with van der Waals surface area (Å²) in [6.07, 6.45) is 1.96. The van der Waals surface area contributed by atoms with Crippen LogP contribution >= 0.6 is 15.9 Å². The van der Waals surface area contributed by atoms with Crippen molar-refractivity contribution in [1.29, 1.82) is 0 Å². The average Bonchev–Trinajstić information content (AvgIpc) is 2.42. The van der Waals surface area contributed by atoms with Crippen LogP contribution in [0, 0.1) is 0 Å². The molecule has 1 fully saturated rings. The minimum Gasteiger partial charge on any atom is -0.465 e. The molecule has 1 aromatic heterocycles. The molecule has 0 atom stereocenters. The van der Waals surface area contributed by atoms with Gasteiger partial charge in [0.2, 0.25) is 5.92 Å². The second-order valence-corrected chi connectivity index (χ2v) is 5.73. The number of rotatable bonds is 3. The molecule has 1 saturated carbocycles. The van der Waals surface area contributed by atoms with E-state index >= 15 is 0 Å². The summed E-state index contributed by atoms with van der Waals surface area (Å²) in [5, 5.41) is 3.06. The number of hydrogen-bond acceptors (Lipinski definition) is 4. The molecule has 7 heteroatoms. The molecule has 0 radical (unpaired) electrons. The molecule has 4 nitrogen and oxygen atoms in total. The van der Waals surface area contributed by atoms with Crippen LogP contribution < -0.4 is 5.32 Å². The Morgan fingerprint density at radius 3 is 2.75 bits per heavy atom. The molecule has 1 heterocycles. The molecule has 110 valence electrons. The van der Waals surface area contributed by atoms with Crippen LogP contribution in [-0.4, -0.2) is 30.0 Å². The highest BCUT2D eigenvalue weighted by molar-refractivity contribution is 9.10. The Bertz CT molecular complexity index is 501. The van der Waals surface area contributed by atoms with E-state index in [0.29, 0.717) is 28.7 Å². The van der Waals surface area contributed by atoms with Crippen molar-refractivity contribution in [3.63, 3.8) is 0 Å². The first-order valence-corrected chi connectivity index (χ1v) is 7.09. The lowest BCUT2D eigenvalue weighted by Crippen LogP contribution is -2.32. The van der Waals surface area contributed by atoms with E-state index in [4.69, 9.17) is 4.74 Å². The number of esters is 1. The van der Waals surface area contributed by atoms with E-state index in [1.165, 1.54) is 7.11 Å². The van der Waals surface area contributed by atoms with Gasteiger partial charge in [-0.25, -0.2) is 18.6 Å². The molecular formula is C13H15BrF2N2O2. The highest BCUT2D eigenvalue weighted by Crippen LogP contribution is 2.34. The highest BCUT2D eigenvalue weighted by atomic mass is 79.9. The zero-order chi connectivity index (χ0) is 14.8. The Morgan fingerprint density at radius 1 is 1.50 bits per heavy atom. The van der Waals surface area contributed by atoms with Crippen molar-refractivity contribution in [2.75, 3.05) is 12.4 Å². The van der Waals surface area contributed by atoms with Crippen molar-refractivity contribution in [3.05, 3.63) is 22.3 Å². The summed E-state index contributed by atoms with van der Waals surface area (Å²) in [6.45, 7) is 0. The van der Waals surface area contributed by atoms with Gasteiger partial charge in [-0.1, -0.05) is 0 Å². The third kappa shape index (κ3) is 3.65. The fourth-order valence-electron chi connectivity index (χ4n) is 2.20. The van der Waals surface area contributed by atoms with Crippen LogP contribution in [-0.2, 0) is 4.74 Å². The molecule has 0 amide bonds. The van der Waals surface area contributed by atoms with E-state index in [1.807, 2.05) is 0 Å². The second-order valence-electron chi connectivity index (χ2n) is 4.82. The van der Waals surface area contributed by atoms with E-state index in [0.717, 1.165) is 0 Å². The zero-order valence-corrected chi connectivity index (χ0v) is 12.5. The SMILES string of the molecule is COC(=O)c1cc(Br)cnc1NC1CCC(F)(F)CC1. The smallest absolute Gasteiger partial charge is 0.341 e. The number of nitrogens with zero attached hydrogens (tertiary/aromatic N) is 1. The van der Waals surface area contributed by atoms with Gasteiger partial charge < -0.3 is 10.1 Å². The maximum Gasteiger partial charge on any atom is 0.341 e. The number of carbonyl (C=O) groups is 1. The minimum absolute atomic E-state index is 0.105. The number of ether oxygens (including phenoxy) is 1. The number of anilines is 1. The summed E-state index contributed by atoms with van der Waals surface area (Å²) < 4.78 is 31.6. The number of pyridine rings is 1. The summed E-state index contributed by atoms with van der Waals surface area (Å²) in [4.78, 5) is 15.8. The lowest BCUT2D eigenvalue weighted by molar-refractivity contribution is -0.0361. The first-order valence-electron chi connectivity index (χ1n) is 6.29. The largest absolute Gasteiger partial charge is 0.465 e. The molecule has 1 aliphatic rings. The van der Waals surface area contributed by atoms with Crippen LogP contribution in [0.3, 0.4) is 0 Å². The standard InChI is InChI=1S/C13H15BrF2N2O2/c1-20-12(19)10-6-8(14)7-17-11(10)18-9-2-4-13(15,16)5-3-9/h6-7,9H,2-5H2,1H3,(H,17,18). The fraction of sp³-hybridized carbons (Fsp3) is 0.538. The van der Waals surface area contributed by atoms with Crippen molar-refractivity contribution in [3.8, 4) is 0 Å². The molecule has 0 unspecified atom stereocenters. The van der Waals surface area contributed by atoms with Gasteiger partial charge in [0, 0.05) is 29.6 Å². The molecule has 0 bridgehead atoms. The second kappa shape index (κ2) is 6.03. The van der Waals surface area contributed by atoms with Crippen molar-refractivity contribution < 1.29 is 18.3 Å². The van der Waals surface area contributed by atoms with Gasteiger partial charge in [0.15, 0.2) is 0 Å². The lowest BCUT2D eigenvalue weighted by Gasteiger charge is -2.29. The van der Waals surface area contributed by atoms with Gasteiger partial charge in [-0.05, 0) is 34.8 Å². The molecule has 0 spiro atoms. The first kappa shape index (κ1) is 15.2. The molecular weight excluding hydrogens is 334 g/mol. The quantitative estimate of drug-likeness (QED) is 0.847. The van der Waals surface area contributed by atoms with Gasteiger partial charge in [0.05, 0.1) is 7.11 Å². The third-order valence-corrected chi connectivity index (χ3v) is 3.75. The number of methoxy groups -OCH3 is 1. The van der Waals surface area contributed by atoms with E-state index in [9.17, 15) is 13.6 Å².